The Morgan fingerprint density at radius 2 is 1.90 bits per heavy atom. The molecule has 110 valence electrons. The number of hydrogen-bond acceptors (Lipinski definition) is 5. The standard InChI is InChI=1S/C13H11ClN2O4S/c1-20-13(17)9-2-4-10(5-3-9)16-21(18,19)11-6-7-15-12(14)8-11/h2-8,16H,1H3. The van der Waals surface area contributed by atoms with E-state index in [2.05, 4.69) is 14.4 Å². The highest BCUT2D eigenvalue weighted by atomic mass is 35.5. The number of carbonyl (C=O) groups is 1. The maximum atomic E-state index is 12.1. The second-order valence-electron chi connectivity index (χ2n) is 3.99. The molecule has 0 atom stereocenters. The summed E-state index contributed by atoms with van der Waals surface area (Å²) in [6, 6.07) is 8.43. The van der Waals surface area contributed by atoms with Gasteiger partial charge in [-0.1, -0.05) is 11.6 Å². The van der Waals surface area contributed by atoms with Crippen LogP contribution in [0.25, 0.3) is 0 Å². The first-order valence-corrected chi connectivity index (χ1v) is 7.61. The summed E-state index contributed by atoms with van der Waals surface area (Å²) in [6.07, 6.45) is 1.30. The normalized spacial score (nSPS) is 11.0. The minimum atomic E-state index is -3.77. The zero-order chi connectivity index (χ0) is 15.5. The summed E-state index contributed by atoms with van der Waals surface area (Å²) < 4.78 is 31.2. The second-order valence-corrected chi connectivity index (χ2v) is 6.06. The molecule has 2 rings (SSSR count). The Bertz CT molecular complexity index is 760. The molecule has 0 saturated carbocycles. The fourth-order valence-corrected chi connectivity index (χ4v) is 2.87. The molecule has 21 heavy (non-hydrogen) atoms. The molecular weight excluding hydrogens is 316 g/mol. The van der Waals surface area contributed by atoms with Gasteiger partial charge in [0.2, 0.25) is 0 Å². The molecule has 0 unspecified atom stereocenters. The number of pyridine rings is 1. The lowest BCUT2D eigenvalue weighted by atomic mass is 10.2. The SMILES string of the molecule is COC(=O)c1ccc(NS(=O)(=O)c2ccnc(Cl)c2)cc1. The van der Waals surface area contributed by atoms with Crippen molar-refractivity contribution in [2.24, 2.45) is 0 Å². The highest BCUT2D eigenvalue weighted by Gasteiger charge is 2.15. The smallest absolute Gasteiger partial charge is 0.337 e. The van der Waals surface area contributed by atoms with Gasteiger partial charge in [0.15, 0.2) is 0 Å². The first kappa shape index (κ1) is 15.3. The van der Waals surface area contributed by atoms with Gasteiger partial charge >= 0.3 is 5.97 Å². The summed E-state index contributed by atoms with van der Waals surface area (Å²) in [5.74, 6) is -0.495. The summed E-state index contributed by atoms with van der Waals surface area (Å²) in [6.45, 7) is 0. The zero-order valence-electron chi connectivity index (χ0n) is 10.9. The number of sulfonamides is 1. The first-order chi connectivity index (χ1) is 9.92. The Hall–Kier alpha value is -2.12. The van der Waals surface area contributed by atoms with Gasteiger partial charge in [0.25, 0.3) is 10.0 Å². The van der Waals surface area contributed by atoms with Crippen molar-refractivity contribution < 1.29 is 17.9 Å². The van der Waals surface area contributed by atoms with Gasteiger partial charge in [-0.3, -0.25) is 4.72 Å². The molecule has 0 spiro atoms. The number of anilines is 1. The number of benzene rings is 1. The van der Waals surface area contributed by atoms with E-state index in [1.54, 1.807) is 0 Å². The van der Waals surface area contributed by atoms with E-state index in [1.807, 2.05) is 0 Å². The van der Waals surface area contributed by atoms with Crippen LogP contribution >= 0.6 is 11.6 Å². The van der Waals surface area contributed by atoms with Crippen LogP contribution in [0.4, 0.5) is 5.69 Å². The molecule has 1 heterocycles. The highest BCUT2D eigenvalue weighted by Crippen LogP contribution is 2.18. The predicted octanol–water partition coefficient (Wildman–Crippen LogP) is 2.32. The van der Waals surface area contributed by atoms with E-state index in [0.29, 0.717) is 11.3 Å². The van der Waals surface area contributed by atoms with Crippen molar-refractivity contribution in [1.82, 2.24) is 4.98 Å². The summed E-state index contributed by atoms with van der Waals surface area (Å²) >= 11 is 5.67. The molecule has 6 nitrogen and oxygen atoms in total. The quantitative estimate of drug-likeness (QED) is 0.688. The number of carbonyl (C=O) groups excluding carboxylic acids is 1. The number of esters is 1. The Labute approximate surface area is 126 Å². The van der Waals surface area contributed by atoms with Crippen LogP contribution in [0.2, 0.25) is 5.15 Å². The van der Waals surface area contributed by atoms with Gasteiger partial charge in [-0.2, -0.15) is 0 Å². The van der Waals surface area contributed by atoms with Crippen molar-refractivity contribution >= 4 is 33.3 Å². The molecule has 0 radical (unpaired) electrons. The van der Waals surface area contributed by atoms with Gasteiger partial charge in [0.1, 0.15) is 5.15 Å². The summed E-state index contributed by atoms with van der Waals surface area (Å²) in [7, 11) is -2.50. The third-order valence-corrected chi connectivity index (χ3v) is 4.15. The van der Waals surface area contributed by atoms with Crippen LogP contribution in [-0.4, -0.2) is 26.5 Å². The number of aromatic nitrogens is 1. The molecule has 0 amide bonds. The highest BCUT2D eigenvalue weighted by molar-refractivity contribution is 7.92. The average molecular weight is 327 g/mol. The lowest BCUT2D eigenvalue weighted by molar-refractivity contribution is 0.0601. The Kier molecular flexibility index (Phi) is 4.44. The van der Waals surface area contributed by atoms with E-state index in [0.717, 1.165) is 0 Å². The third-order valence-electron chi connectivity index (χ3n) is 2.57. The van der Waals surface area contributed by atoms with Crippen LogP contribution in [0, 0.1) is 0 Å². The van der Waals surface area contributed by atoms with E-state index in [-0.39, 0.29) is 10.0 Å². The van der Waals surface area contributed by atoms with Crippen LogP contribution in [0.15, 0.2) is 47.5 Å². The summed E-state index contributed by atoms with van der Waals surface area (Å²) in [5, 5.41) is 0.0823. The van der Waals surface area contributed by atoms with Gasteiger partial charge in [-0.05, 0) is 36.4 Å². The molecule has 0 fully saturated rings. The molecule has 8 heteroatoms. The van der Waals surface area contributed by atoms with E-state index in [4.69, 9.17) is 11.6 Å². The van der Waals surface area contributed by atoms with Crippen molar-refractivity contribution in [2.45, 2.75) is 4.90 Å². The van der Waals surface area contributed by atoms with Gasteiger partial charge < -0.3 is 4.74 Å². The van der Waals surface area contributed by atoms with Crippen molar-refractivity contribution in [2.75, 3.05) is 11.8 Å². The van der Waals surface area contributed by atoms with Crippen molar-refractivity contribution in [3.8, 4) is 0 Å². The number of nitrogens with zero attached hydrogens (tertiary/aromatic N) is 1. The lowest BCUT2D eigenvalue weighted by Crippen LogP contribution is -2.13. The van der Waals surface area contributed by atoms with E-state index in [9.17, 15) is 13.2 Å². The van der Waals surface area contributed by atoms with Crippen LogP contribution in [0.5, 0.6) is 0 Å². The molecule has 0 aliphatic carbocycles. The Morgan fingerprint density at radius 1 is 1.24 bits per heavy atom. The van der Waals surface area contributed by atoms with Crippen molar-refractivity contribution in [3.05, 3.63) is 53.3 Å². The first-order valence-electron chi connectivity index (χ1n) is 5.75. The molecule has 1 aromatic heterocycles. The number of rotatable bonds is 4. The number of halogens is 1. The van der Waals surface area contributed by atoms with Gasteiger partial charge in [-0.25, -0.2) is 18.2 Å². The topological polar surface area (TPSA) is 85.4 Å². The van der Waals surface area contributed by atoms with Gasteiger partial charge in [0, 0.05) is 11.9 Å². The van der Waals surface area contributed by atoms with Gasteiger partial charge in [-0.15, -0.1) is 0 Å². The fraction of sp³-hybridized carbons (Fsp3) is 0.0769. The number of ether oxygens (including phenoxy) is 1. The number of methoxy groups -OCH3 is 1. The Morgan fingerprint density at radius 3 is 2.48 bits per heavy atom. The monoisotopic (exact) mass is 326 g/mol. The largest absolute Gasteiger partial charge is 0.465 e. The Balaban J connectivity index is 2.23. The molecule has 1 aromatic carbocycles. The van der Waals surface area contributed by atoms with Crippen LogP contribution in [-0.2, 0) is 14.8 Å². The summed E-state index contributed by atoms with van der Waals surface area (Å²) in [4.78, 5) is 15.0. The average Bonchev–Trinajstić information content (AvgIpc) is 2.47. The molecular formula is C13H11ClN2O4S. The van der Waals surface area contributed by atoms with E-state index in [1.165, 1.54) is 49.7 Å². The fourth-order valence-electron chi connectivity index (χ4n) is 1.56. The van der Waals surface area contributed by atoms with Crippen molar-refractivity contribution in [3.63, 3.8) is 0 Å². The molecule has 1 N–H and O–H groups in total. The maximum absolute atomic E-state index is 12.1. The summed E-state index contributed by atoms with van der Waals surface area (Å²) in [5.41, 5.74) is 0.642. The maximum Gasteiger partial charge on any atom is 0.337 e. The third kappa shape index (κ3) is 3.71. The van der Waals surface area contributed by atoms with Crippen LogP contribution < -0.4 is 4.72 Å². The molecule has 0 bridgehead atoms. The molecule has 0 aliphatic heterocycles. The van der Waals surface area contributed by atoms with Crippen LogP contribution in [0.1, 0.15) is 10.4 Å². The number of nitrogens with one attached hydrogen (secondary N) is 1. The lowest BCUT2D eigenvalue weighted by Gasteiger charge is -2.08. The second kappa shape index (κ2) is 6.11. The minimum absolute atomic E-state index is 0.000422. The predicted molar refractivity (Wildman–Crippen MR) is 77.8 cm³/mol. The zero-order valence-corrected chi connectivity index (χ0v) is 12.5. The van der Waals surface area contributed by atoms with E-state index >= 15 is 0 Å². The van der Waals surface area contributed by atoms with Crippen LogP contribution in [0.3, 0.4) is 0 Å². The molecule has 0 aliphatic rings. The number of hydrogen-bond donors (Lipinski definition) is 1. The van der Waals surface area contributed by atoms with Crippen molar-refractivity contribution in [1.29, 1.82) is 0 Å². The molecule has 2 aromatic rings. The van der Waals surface area contributed by atoms with Gasteiger partial charge in [0.05, 0.1) is 17.6 Å². The van der Waals surface area contributed by atoms with E-state index < -0.39 is 16.0 Å². The molecule has 0 saturated heterocycles. The minimum Gasteiger partial charge on any atom is -0.465 e.